The predicted molar refractivity (Wildman–Crippen MR) is 109 cm³/mol. The second kappa shape index (κ2) is 9.23. The van der Waals surface area contributed by atoms with Crippen molar-refractivity contribution in [1.29, 1.82) is 0 Å². The number of rotatable bonds is 7. The summed E-state index contributed by atoms with van der Waals surface area (Å²) in [7, 11) is 0. The van der Waals surface area contributed by atoms with E-state index in [2.05, 4.69) is 31.7 Å². The second-order valence-electron chi connectivity index (χ2n) is 5.99. The van der Waals surface area contributed by atoms with Gasteiger partial charge >= 0.3 is 6.03 Å². The van der Waals surface area contributed by atoms with E-state index in [1.165, 1.54) is 0 Å². The van der Waals surface area contributed by atoms with Gasteiger partial charge in [0.15, 0.2) is 0 Å². The monoisotopic (exact) mass is 428 g/mol. The van der Waals surface area contributed by atoms with Crippen molar-refractivity contribution >= 4 is 27.6 Å². The normalized spacial score (nSPS) is 11.6. The molecule has 0 aliphatic carbocycles. The van der Waals surface area contributed by atoms with Gasteiger partial charge in [0.05, 0.1) is 12.6 Å². The van der Waals surface area contributed by atoms with Gasteiger partial charge in [-0.1, -0.05) is 40.2 Å². The third kappa shape index (κ3) is 5.59. The van der Waals surface area contributed by atoms with Crippen molar-refractivity contribution in [2.45, 2.75) is 19.5 Å². The maximum absolute atomic E-state index is 12.3. The molecule has 0 aliphatic rings. The zero-order valence-electron chi connectivity index (χ0n) is 14.9. The number of carbonyl (C=O) groups is 1. The van der Waals surface area contributed by atoms with Crippen LogP contribution < -0.4 is 15.4 Å². The predicted octanol–water partition coefficient (Wildman–Crippen LogP) is 4.61. The van der Waals surface area contributed by atoms with Crippen LogP contribution in [0.4, 0.5) is 10.5 Å². The molecule has 1 unspecified atom stereocenters. The Bertz CT molecular complexity index is 883. The number of anilines is 1. The molecule has 2 N–H and O–H groups in total. The fourth-order valence-electron chi connectivity index (χ4n) is 2.62. The van der Waals surface area contributed by atoms with E-state index in [1.807, 2.05) is 61.7 Å². The van der Waals surface area contributed by atoms with Crippen molar-refractivity contribution in [3.63, 3.8) is 0 Å². The molecule has 27 heavy (non-hydrogen) atoms. The van der Waals surface area contributed by atoms with Crippen molar-refractivity contribution in [1.82, 2.24) is 15.1 Å². The molecule has 2 amide bonds. The van der Waals surface area contributed by atoms with Crippen LogP contribution in [0.1, 0.15) is 18.5 Å². The average molecular weight is 429 g/mol. The molecule has 0 spiro atoms. The van der Waals surface area contributed by atoms with Gasteiger partial charge in [0.25, 0.3) is 0 Å². The number of halogens is 1. The quantitative estimate of drug-likeness (QED) is 0.577. The van der Waals surface area contributed by atoms with Crippen LogP contribution in [0.3, 0.4) is 0 Å². The van der Waals surface area contributed by atoms with E-state index in [0.717, 1.165) is 10.0 Å². The highest BCUT2D eigenvalue weighted by molar-refractivity contribution is 9.10. The summed E-state index contributed by atoms with van der Waals surface area (Å²) in [6.45, 7) is 3.10. The highest BCUT2D eigenvalue weighted by Crippen LogP contribution is 2.23. The van der Waals surface area contributed by atoms with Crippen molar-refractivity contribution in [2.24, 2.45) is 0 Å². The van der Waals surface area contributed by atoms with Gasteiger partial charge in [-0.05, 0) is 36.8 Å². The minimum absolute atomic E-state index is 0.130. The van der Waals surface area contributed by atoms with Crippen molar-refractivity contribution in [3.05, 3.63) is 77.0 Å². The lowest BCUT2D eigenvalue weighted by molar-refractivity contribution is 0.249. The summed E-state index contributed by atoms with van der Waals surface area (Å²) in [4.78, 5) is 12.3. The number of nitrogens with one attached hydrogen (secondary N) is 2. The summed E-state index contributed by atoms with van der Waals surface area (Å²) in [5, 5.41) is 9.91. The molecule has 1 heterocycles. The van der Waals surface area contributed by atoms with E-state index in [1.54, 1.807) is 16.9 Å². The lowest BCUT2D eigenvalue weighted by Crippen LogP contribution is -2.31. The van der Waals surface area contributed by atoms with Crippen LogP contribution in [0.25, 0.3) is 0 Å². The molecule has 3 rings (SSSR count). The standard InChI is InChI=1S/C20H21BrN4O2/c1-15(18-8-2-3-9-19(18)21)23-20(26)24-16-6-4-7-17(14-16)27-13-12-25-11-5-10-22-25/h2-11,14-15H,12-13H2,1H3,(H2,23,24,26). The average Bonchev–Trinajstić information content (AvgIpc) is 3.15. The summed E-state index contributed by atoms with van der Waals surface area (Å²) in [5.74, 6) is 0.693. The fourth-order valence-corrected chi connectivity index (χ4v) is 3.25. The summed E-state index contributed by atoms with van der Waals surface area (Å²) in [5.41, 5.74) is 1.69. The van der Waals surface area contributed by atoms with Gasteiger partial charge in [-0.2, -0.15) is 5.10 Å². The first-order valence-electron chi connectivity index (χ1n) is 8.64. The number of ether oxygens (including phenoxy) is 1. The minimum Gasteiger partial charge on any atom is -0.492 e. The molecule has 0 bridgehead atoms. The van der Waals surface area contributed by atoms with Crippen LogP contribution in [0.5, 0.6) is 5.75 Å². The number of nitrogens with zero attached hydrogens (tertiary/aromatic N) is 2. The Morgan fingerprint density at radius 2 is 2.07 bits per heavy atom. The number of carbonyl (C=O) groups excluding carboxylic acids is 1. The molecule has 6 nitrogen and oxygen atoms in total. The van der Waals surface area contributed by atoms with E-state index >= 15 is 0 Å². The maximum atomic E-state index is 12.3. The summed E-state index contributed by atoms with van der Waals surface area (Å²) >= 11 is 3.51. The molecule has 1 atom stereocenters. The third-order valence-corrected chi connectivity index (χ3v) is 4.68. The lowest BCUT2D eigenvalue weighted by Gasteiger charge is -2.16. The van der Waals surface area contributed by atoms with Crippen LogP contribution in [-0.4, -0.2) is 22.4 Å². The van der Waals surface area contributed by atoms with Gasteiger partial charge in [0.1, 0.15) is 12.4 Å². The molecule has 0 saturated heterocycles. The van der Waals surface area contributed by atoms with Crippen LogP contribution in [0.15, 0.2) is 71.5 Å². The number of hydrogen-bond acceptors (Lipinski definition) is 3. The molecule has 3 aromatic rings. The topological polar surface area (TPSA) is 68.2 Å². The molecule has 0 saturated carbocycles. The molecule has 0 radical (unpaired) electrons. The zero-order valence-corrected chi connectivity index (χ0v) is 16.5. The van der Waals surface area contributed by atoms with E-state index in [4.69, 9.17) is 4.74 Å². The van der Waals surface area contributed by atoms with Gasteiger partial charge in [0.2, 0.25) is 0 Å². The van der Waals surface area contributed by atoms with Gasteiger partial charge in [-0.25, -0.2) is 4.79 Å². The number of benzene rings is 2. The SMILES string of the molecule is CC(NC(=O)Nc1cccc(OCCn2cccn2)c1)c1ccccc1Br. The Kier molecular flexibility index (Phi) is 6.49. The lowest BCUT2D eigenvalue weighted by atomic mass is 10.1. The first-order valence-corrected chi connectivity index (χ1v) is 9.43. The molecule has 2 aromatic carbocycles. The van der Waals surface area contributed by atoms with Gasteiger partial charge in [-0.15, -0.1) is 0 Å². The van der Waals surface area contributed by atoms with Gasteiger partial charge in [0, 0.05) is 28.6 Å². The van der Waals surface area contributed by atoms with Crippen molar-refractivity contribution < 1.29 is 9.53 Å². The number of aromatic nitrogens is 2. The third-order valence-electron chi connectivity index (χ3n) is 3.96. The van der Waals surface area contributed by atoms with Crippen LogP contribution in [0.2, 0.25) is 0 Å². The Hall–Kier alpha value is -2.80. The van der Waals surface area contributed by atoms with E-state index in [-0.39, 0.29) is 12.1 Å². The Balaban J connectivity index is 1.52. The van der Waals surface area contributed by atoms with Gasteiger partial charge < -0.3 is 15.4 Å². The molecule has 1 aromatic heterocycles. The van der Waals surface area contributed by atoms with Crippen LogP contribution >= 0.6 is 15.9 Å². The van der Waals surface area contributed by atoms with E-state index in [0.29, 0.717) is 24.6 Å². The van der Waals surface area contributed by atoms with Crippen molar-refractivity contribution in [2.75, 3.05) is 11.9 Å². The molecule has 140 valence electrons. The largest absolute Gasteiger partial charge is 0.492 e. The van der Waals surface area contributed by atoms with Crippen molar-refractivity contribution in [3.8, 4) is 5.75 Å². The first kappa shape index (κ1) is 19.0. The molecule has 7 heteroatoms. The molecule has 0 aliphatic heterocycles. The smallest absolute Gasteiger partial charge is 0.319 e. The molecular formula is C20H21BrN4O2. The number of hydrogen-bond donors (Lipinski definition) is 2. The summed E-state index contributed by atoms with van der Waals surface area (Å²) < 4.78 is 8.50. The second-order valence-corrected chi connectivity index (χ2v) is 6.84. The Morgan fingerprint density at radius 3 is 2.85 bits per heavy atom. The fraction of sp³-hybridized carbons (Fsp3) is 0.200. The number of amides is 2. The summed E-state index contributed by atoms with van der Waals surface area (Å²) in [6, 6.07) is 16.6. The minimum atomic E-state index is -0.271. The molecule has 0 fully saturated rings. The Morgan fingerprint density at radius 1 is 1.22 bits per heavy atom. The first-order chi connectivity index (χ1) is 13.1. The highest BCUT2D eigenvalue weighted by Gasteiger charge is 2.12. The maximum Gasteiger partial charge on any atom is 0.319 e. The van der Waals surface area contributed by atoms with Gasteiger partial charge in [-0.3, -0.25) is 4.68 Å². The van der Waals surface area contributed by atoms with E-state index < -0.39 is 0 Å². The number of urea groups is 1. The van der Waals surface area contributed by atoms with Crippen LogP contribution in [-0.2, 0) is 6.54 Å². The van der Waals surface area contributed by atoms with Crippen LogP contribution in [0, 0.1) is 0 Å². The molecular weight excluding hydrogens is 408 g/mol. The highest BCUT2D eigenvalue weighted by atomic mass is 79.9. The zero-order chi connectivity index (χ0) is 19.1. The van der Waals surface area contributed by atoms with E-state index in [9.17, 15) is 4.79 Å². The Labute approximate surface area is 166 Å². The summed E-state index contributed by atoms with van der Waals surface area (Å²) in [6.07, 6.45) is 3.62.